The van der Waals surface area contributed by atoms with Gasteiger partial charge in [-0.2, -0.15) is 0 Å². The van der Waals surface area contributed by atoms with Crippen molar-refractivity contribution in [2.45, 2.75) is 6.17 Å². The molecule has 1 aliphatic rings. The van der Waals surface area contributed by atoms with Crippen LogP contribution >= 0.6 is 11.6 Å². The molecular formula is C14H10ClN3O3. The molecule has 2 N–H and O–H groups in total. The van der Waals surface area contributed by atoms with Crippen LogP contribution in [0.25, 0.3) is 0 Å². The summed E-state index contributed by atoms with van der Waals surface area (Å²) in [5.41, 5.74) is 4.18. The summed E-state index contributed by atoms with van der Waals surface area (Å²) in [6.45, 7) is 0. The predicted octanol–water partition coefficient (Wildman–Crippen LogP) is 2.41. The molecule has 7 heteroatoms. The molecule has 0 spiro atoms. The molecule has 3 rings (SSSR count). The Morgan fingerprint density at radius 2 is 2.19 bits per heavy atom. The Morgan fingerprint density at radius 3 is 2.95 bits per heavy atom. The summed E-state index contributed by atoms with van der Waals surface area (Å²) in [6, 6.07) is 9.96. The number of nitrogens with one attached hydrogen (secondary N) is 1. The van der Waals surface area contributed by atoms with E-state index in [4.69, 9.17) is 21.5 Å². The van der Waals surface area contributed by atoms with Gasteiger partial charge in [-0.25, -0.2) is 14.8 Å². The molecule has 0 saturated heterocycles. The van der Waals surface area contributed by atoms with E-state index in [-0.39, 0.29) is 10.7 Å². The van der Waals surface area contributed by atoms with E-state index in [1.807, 2.05) is 0 Å². The Balaban J connectivity index is 1.91. The number of carboxylic acid groups (broad SMARTS) is 1. The Labute approximate surface area is 125 Å². The number of halogens is 1. The number of pyridine rings is 1. The van der Waals surface area contributed by atoms with E-state index < -0.39 is 12.1 Å². The van der Waals surface area contributed by atoms with Gasteiger partial charge in [-0.05, 0) is 29.8 Å². The molecule has 2 aromatic rings. The molecule has 1 aliphatic heterocycles. The van der Waals surface area contributed by atoms with E-state index in [1.54, 1.807) is 36.5 Å². The van der Waals surface area contributed by atoms with Crippen LogP contribution in [-0.4, -0.2) is 22.0 Å². The number of nitrogens with zero attached hydrogens (tertiary/aromatic N) is 2. The van der Waals surface area contributed by atoms with Crippen LogP contribution in [0.4, 0.5) is 0 Å². The number of hydroxylamine groups is 1. The molecule has 1 atom stereocenters. The summed E-state index contributed by atoms with van der Waals surface area (Å²) in [5.74, 6) is -0.672. The average Bonchev–Trinajstić information content (AvgIpc) is 2.97. The van der Waals surface area contributed by atoms with Crippen molar-refractivity contribution >= 4 is 23.5 Å². The van der Waals surface area contributed by atoms with Crippen molar-refractivity contribution in [2.24, 2.45) is 4.99 Å². The quantitative estimate of drug-likeness (QED) is 0.851. The normalized spacial score (nSPS) is 17.2. The zero-order valence-electron chi connectivity index (χ0n) is 10.7. The molecule has 0 saturated carbocycles. The fourth-order valence-electron chi connectivity index (χ4n) is 1.94. The Morgan fingerprint density at radius 1 is 1.33 bits per heavy atom. The molecular weight excluding hydrogens is 294 g/mol. The topological polar surface area (TPSA) is 83.8 Å². The van der Waals surface area contributed by atoms with Crippen molar-refractivity contribution in [3.8, 4) is 0 Å². The van der Waals surface area contributed by atoms with Crippen molar-refractivity contribution in [3.05, 3.63) is 64.4 Å². The Bertz CT molecular complexity index is 733. The van der Waals surface area contributed by atoms with Crippen LogP contribution in [0.1, 0.15) is 27.7 Å². The van der Waals surface area contributed by atoms with Gasteiger partial charge < -0.3 is 9.94 Å². The monoisotopic (exact) mass is 303 g/mol. The fraction of sp³-hybridized carbons (Fsp3) is 0.0714. The lowest BCUT2D eigenvalue weighted by Crippen LogP contribution is -2.15. The molecule has 0 aliphatic carbocycles. The van der Waals surface area contributed by atoms with Crippen molar-refractivity contribution in [2.75, 3.05) is 0 Å². The second-order valence-corrected chi connectivity index (χ2v) is 4.69. The molecule has 0 bridgehead atoms. The zero-order chi connectivity index (χ0) is 14.8. The average molecular weight is 304 g/mol. The third-order valence-corrected chi connectivity index (χ3v) is 3.25. The minimum absolute atomic E-state index is 0.192. The summed E-state index contributed by atoms with van der Waals surface area (Å²) in [7, 11) is 0. The molecule has 21 heavy (non-hydrogen) atoms. The summed E-state index contributed by atoms with van der Waals surface area (Å²) in [4.78, 5) is 24.6. The van der Waals surface area contributed by atoms with Gasteiger partial charge in [0.05, 0.1) is 11.1 Å². The highest BCUT2D eigenvalue weighted by Crippen LogP contribution is 2.24. The molecule has 1 aromatic carbocycles. The van der Waals surface area contributed by atoms with Crippen LogP contribution in [0.2, 0.25) is 5.15 Å². The molecule has 0 amide bonds. The highest BCUT2D eigenvalue weighted by atomic mass is 35.5. The van der Waals surface area contributed by atoms with Crippen LogP contribution < -0.4 is 5.48 Å². The van der Waals surface area contributed by atoms with E-state index in [1.165, 1.54) is 6.07 Å². The third-order valence-electron chi connectivity index (χ3n) is 2.95. The maximum atomic E-state index is 11.0. The predicted molar refractivity (Wildman–Crippen MR) is 76.1 cm³/mol. The molecule has 0 radical (unpaired) electrons. The second kappa shape index (κ2) is 5.51. The van der Waals surface area contributed by atoms with Crippen LogP contribution in [-0.2, 0) is 4.84 Å². The number of carbonyl (C=O) groups is 1. The number of rotatable bonds is 3. The number of benzene rings is 1. The molecule has 106 valence electrons. The molecule has 6 nitrogen and oxygen atoms in total. The van der Waals surface area contributed by atoms with E-state index in [2.05, 4.69) is 15.5 Å². The standard InChI is InChI=1S/C14H10ClN3O3/c15-11-10(5-2-6-16-11)13-17-12(18-21-13)8-3-1-4-9(7-8)14(19)20/h1-7,12,18H,(H,19,20). The SMILES string of the molecule is O=C(O)c1cccc(C2N=C(c3cccnc3Cl)ON2)c1. The van der Waals surface area contributed by atoms with Gasteiger partial charge >= 0.3 is 5.97 Å². The van der Waals surface area contributed by atoms with Gasteiger partial charge in [0.2, 0.25) is 5.90 Å². The van der Waals surface area contributed by atoms with Gasteiger partial charge in [0.1, 0.15) is 5.15 Å². The zero-order valence-corrected chi connectivity index (χ0v) is 11.4. The summed E-state index contributed by atoms with van der Waals surface area (Å²) in [6.07, 6.45) is 1.08. The molecule has 2 heterocycles. The summed E-state index contributed by atoms with van der Waals surface area (Å²) >= 11 is 5.99. The highest BCUT2D eigenvalue weighted by molar-refractivity contribution is 6.32. The third kappa shape index (κ3) is 2.72. The maximum absolute atomic E-state index is 11.0. The van der Waals surface area contributed by atoms with Gasteiger partial charge in [0.15, 0.2) is 6.17 Å². The molecule has 1 unspecified atom stereocenters. The van der Waals surface area contributed by atoms with Gasteiger partial charge in [-0.3, -0.25) is 0 Å². The van der Waals surface area contributed by atoms with E-state index in [0.29, 0.717) is 17.0 Å². The Hall–Kier alpha value is -2.44. The van der Waals surface area contributed by atoms with Crippen LogP contribution in [0, 0.1) is 0 Å². The first-order valence-corrected chi connectivity index (χ1v) is 6.47. The van der Waals surface area contributed by atoms with Gasteiger partial charge in [-0.15, -0.1) is 5.48 Å². The van der Waals surface area contributed by atoms with Gasteiger partial charge in [0.25, 0.3) is 0 Å². The Kier molecular flexibility index (Phi) is 3.55. The number of aromatic nitrogens is 1. The number of hydrogen-bond acceptors (Lipinski definition) is 5. The van der Waals surface area contributed by atoms with Crippen molar-refractivity contribution < 1.29 is 14.7 Å². The minimum Gasteiger partial charge on any atom is -0.478 e. The summed E-state index contributed by atoms with van der Waals surface area (Å²) in [5, 5.41) is 9.30. The lowest BCUT2D eigenvalue weighted by Gasteiger charge is -2.06. The van der Waals surface area contributed by atoms with Crippen molar-refractivity contribution in [1.82, 2.24) is 10.5 Å². The fourth-order valence-corrected chi connectivity index (χ4v) is 2.14. The summed E-state index contributed by atoms with van der Waals surface area (Å²) < 4.78 is 0. The first-order chi connectivity index (χ1) is 10.1. The first-order valence-electron chi connectivity index (χ1n) is 6.09. The van der Waals surface area contributed by atoms with E-state index >= 15 is 0 Å². The lowest BCUT2D eigenvalue weighted by atomic mass is 10.1. The highest BCUT2D eigenvalue weighted by Gasteiger charge is 2.23. The maximum Gasteiger partial charge on any atom is 0.335 e. The van der Waals surface area contributed by atoms with Crippen molar-refractivity contribution in [3.63, 3.8) is 0 Å². The van der Waals surface area contributed by atoms with E-state index in [0.717, 1.165) is 0 Å². The largest absolute Gasteiger partial charge is 0.478 e. The second-order valence-electron chi connectivity index (χ2n) is 4.33. The molecule has 0 fully saturated rings. The number of hydrogen-bond donors (Lipinski definition) is 2. The first kappa shape index (κ1) is 13.5. The van der Waals surface area contributed by atoms with E-state index in [9.17, 15) is 4.79 Å². The van der Waals surface area contributed by atoms with Crippen LogP contribution in [0.5, 0.6) is 0 Å². The number of carboxylic acids is 1. The van der Waals surface area contributed by atoms with Gasteiger partial charge in [-0.1, -0.05) is 23.7 Å². The minimum atomic E-state index is -0.990. The lowest BCUT2D eigenvalue weighted by molar-refractivity contribution is 0.0696. The van der Waals surface area contributed by atoms with Gasteiger partial charge in [0, 0.05) is 6.20 Å². The van der Waals surface area contributed by atoms with Crippen LogP contribution in [0.3, 0.4) is 0 Å². The number of aromatic carboxylic acids is 1. The van der Waals surface area contributed by atoms with Crippen molar-refractivity contribution in [1.29, 1.82) is 0 Å². The smallest absolute Gasteiger partial charge is 0.335 e. The molecule has 1 aromatic heterocycles. The number of aliphatic imine (C=N–C) groups is 1. The van der Waals surface area contributed by atoms with Crippen LogP contribution in [0.15, 0.2) is 47.6 Å².